The van der Waals surface area contributed by atoms with Crippen molar-refractivity contribution in [1.29, 1.82) is 0 Å². The van der Waals surface area contributed by atoms with Gasteiger partial charge in [0.25, 0.3) is 0 Å². The lowest BCUT2D eigenvalue weighted by molar-refractivity contribution is -0.153. The second-order valence-electron chi connectivity index (χ2n) is 3.75. The van der Waals surface area contributed by atoms with Crippen LogP contribution >= 0.6 is 11.6 Å². The molecule has 0 bridgehead atoms. The lowest BCUT2D eigenvalue weighted by Gasteiger charge is -2.28. The Morgan fingerprint density at radius 1 is 1.57 bits per heavy atom. The van der Waals surface area contributed by atoms with Crippen molar-refractivity contribution in [2.24, 2.45) is 5.41 Å². The summed E-state index contributed by atoms with van der Waals surface area (Å²) in [5, 5.41) is -0.106. The summed E-state index contributed by atoms with van der Waals surface area (Å²) in [5.41, 5.74) is -0.508. The summed E-state index contributed by atoms with van der Waals surface area (Å²) >= 11 is 6.19. The van der Waals surface area contributed by atoms with E-state index < -0.39 is 5.41 Å². The highest BCUT2D eigenvalue weighted by atomic mass is 35.5. The van der Waals surface area contributed by atoms with E-state index in [2.05, 4.69) is 0 Å². The maximum absolute atomic E-state index is 11.7. The van der Waals surface area contributed by atoms with Crippen LogP contribution in [0, 0.1) is 5.41 Å². The van der Waals surface area contributed by atoms with Crippen molar-refractivity contribution >= 4 is 17.6 Å². The predicted octanol–water partition coefficient (Wildman–Crippen LogP) is 1.97. The molecule has 0 aromatic heterocycles. The molecule has 0 aromatic carbocycles. The normalized spacial score (nSPS) is 31.8. The highest BCUT2D eigenvalue weighted by molar-refractivity contribution is 6.22. The van der Waals surface area contributed by atoms with Gasteiger partial charge in [-0.2, -0.15) is 0 Å². The number of alkyl halides is 1. The number of halogens is 1. The summed E-state index contributed by atoms with van der Waals surface area (Å²) in [6.45, 7) is 0.554. The number of methoxy groups -OCH3 is 2. The average molecular weight is 221 g/mol. The molecule has 1 rings (SSSR count). The predicted molar refractivity (Wildman–Crippen MR) is 54.4 cm³/mol. The van der Waals surface area contributed by atoms with Gasteiger partial charge in [-0.3, -0.25) is 4.79 Å². The fraction of sp³-hybridized carbons (Fsp3) is 0.900. The lowest BCUT2D eigenvalue weighted by atomic mass is 9.82. The van der Waals surface area contributed by atoms with E-state index in [1.165, 1.54) is 7.11 Å². The zero-order valence-corrected chi connectivity index (χ0v) is 9.47. The van der Waals surface area contributed by atoms with Gasteiger partial charge in [0.15, 0.2) is 0 Å². The Hall–Kier alpha value is -0.280. The largest absolute Gasteiger partial charge is 0.469 e. The van der Waals surface area contributed by atoms with Crippen LogP contribution in [0.2, 0.25) is 0 Å². The molecule has 2 atom stereocenters. The average Bonchev–Trinajstić information content (AvgIpc) is 2.57. The van der Waals surface area contributed by atoms with Crippen molar-refractivity contribution < 1.29 is 14.3 Å². The van der Waals surface area contributed by atoms with Crippen LogP contribution < -0.4 is 0 Å². The van der Waals surface area contributed by atoms with Gasteiger partial charge in [-0.05, 0) is 19.3 Å². The van der Waals surface area contributed by atoms with Gasteiger partial charge in [-0.25, -0.2) is 0 Å². The summed E-state index contributed by atoms with van der Waals surface area (Å²) in [5.74, 6) is -0.188. The molecule has 0 spiro atoms. The highest BCUT2D eigenvalue weighted by Crippen LogP contribution is 2.45. The van der Waals surface area contributed by atoms with Crippen LogP contribution in [0.15, 0.2) is 0 Å². The van der Waals surface area contributed by atoms with Crippen LogP contribution in [0.1, 0.15) is 25.7 Å². The standard InChI is InChI=1S/C10H17ClO3/c1-13-7-6-10(9(12)14-2)5-3-4-8(10)11/h8H,3-7H2,1-2H3. The first-order chi connectivity index (χ1) is 6.67. The Labute approximate surface area is 89.7 Å². The van der Waals surface area contributed by atoms with Crippen molar-refractivity contribution in [3.8, 4) is 0 Å². The minimum absolute atomic E-state index is 0.106. The first-order valence-electron chi connectivity index (χ1n) is 4.89. The molecule has 0 aromatic rings. The molecule has 3 nitrogen and oxygen atoms in total. The van der Waals surface area contributed by atoms with Crippen LogP contribution in [-0.4, -0.2) is 32.2 Å². The van der Waals surface area contributed by atoms with Gasteiger partial charge < -0.3 is 9.47 Å². The molecule has 0 heterocycles. The third-order valence-corrected chi connectivity index (χ3v) is 3.66. The number of carbonyl (C=O) groups excluding carboxylic acids is 1. The number of carbonyl (C=O) groups is 1. The monoisotopic (exact) mass is 220 g/mol. The van der Waals surface area contributed by atoms with Gasteiger partial charge in [0, 0.05) is 19.1 Å². The van der Waals surface area contributed by atoms with Gasteiger partial charge >= 0.3 is 5.97 Å². The summed E-state index contributed by atoms with van der Waals surface area (Å²) in [6, 6.07) is 0. The van der Waals surface area contributed by atoms with E-state index >= 15 is 0 Å². The number of ether oxygens (including phenoxy) is 2. The minimum atomic E-state index is -0.508. The molecule has 2 unspecified atom stereocenters. The Kier molecular flexibility index (Phi) is 4.20. The zero-order valence-electron chi connectivity index (χ0n) is 8.72. The van der Waals surface area contributed by atoms with Crippen LogP contribution in [-0.2, 0) is 14.3 Å². The van der Waals surface area contributed by atoms with Crippen LogP contribution in [0.4, 0.5) is 0 Å². The van der Waals surface area contributed by atoms with Crippen molar-refractivity contribution in [3.05, 3.63) is 0 Å². The molecular formula is C10H17ClO3. The molecule has 82 valence electrons. The SMILES string of the molecule is COCCC1(C(=O)OC)CCCC1Cl. The second-order valence-corrected chi connectivity index (χ2v) is 4.28. The first kappa shape index (κ1) is 11.8. The van der Waals surface area contributed by atoms with Gasteiger partial charge in [0.1, 0.15) is 0 Å². The molecule has 0 aliphatic heterocycles. The van der Waals surface area contributed by atoms with Crippen LogP contribution in [0.5, 0.6) is 0 Å². The molecule has 0 radical (unpaired) electrons. The van der Waals surface area contributed by atoms with Gasteiger partial charge in [-0.15, -0.1) is 11.6 Å². The molecule has 14 heavy (non-hydrogen) atoms. The van der Waals surface area contributed by atoms with E-state index in [1.54, 1.807) is 7.11 Å². The maximum Gasteiger partial charge on any atom is 0.313 e. The third-order valence-electron chi connectivity index (χ3n) is 3.02. The number of esters is 1. The molecule has 1 aliphatic carbocycles. The van der Waals surface area contributed by atoms with E-state index in [9.17, 15) is 4.79 Å². The zero-order chi connectivity index (χ0) is 10.6. The number of hydrogen-bond donors (Lipinski definition) is 0. The summed E-state index contributed by atoms with van der Waals surface area (Å²) < 4.78 is 9.83. The smallest absolute Gasteiger partial charge is 0.313 e. The summed E-state index contributed by atoms with van der Waals surface area (Å²) in [6.07, 6.45) is 3.36. The number of hydrogen-bond acceptors (Lipinski definition) is 3. The maximum atomic E-state index is 11.7. The molecule has 0 saturated heterocycles. The second kappa shape index (κ2) is 4.99. The fourth-order valence-corrected chi connectivity index (χ4v) is 2.59. The van der Waals surface area contributed by atoms with E-state index in [4.69, 9.17) is 21.1 Å². The summed E-state index contributed by atoms with van der Waals surface area (Å²) in [7, 11) is 3.04. The fourth-order valence-electron chi connectivity index (χ4n) is 2.13. The molecule has 4 heteroatoms. The Morgan fingerprint density at radius 3 is 2.71 bits per heavy atom. The van der Waals surface area contributed by atoms with Gasteiger partial charge in [0.05, 0.1) is 12.5 Å². The Bertz CT molecular complexity index is 208. The minimum Gasteiger partial charge on any atom is -0.469 e. The van der Waals surface area contributed by atoms with Crippen molar-refractivity contribution in [2.75, 3.05) is 20.8 Å². The first-order valence-corrected chi connectivity index (χ1v) is 5.32. The van der Waals surface area contributed by atoms with Crippen LogP contribution in [0.3, 0.4) is 0 Å². The molecular weight excluding hydrogens is 204 g/mol. The molecule has 0 N–H and O–H groups in total. The van der Waals surface area contributed by atoms with E-state index in [1.807, 2.05) is 0 Å². The van der Waals surface area contributed by atoms with E-state index in [-0.39, 0.29) is 11.3 Å². The Balaban J connectivity index is 2.73. The van der Waals surface area contributed by atoms with E-state index in [0.29, 0.717) is 13.0 Å². The van der Waals surface area contributed by atoms with Gasteiger partial charge in [0.2, 0.25) is 0 Å². The van der Waals surface area contributed by atoms with E-state index in [0.717, 1.165) is 19.3 Å². The van der Waals surface area contributed by atoms with Crippen LogP contribution in [0.25, 0.3) is 0 Å². The molecule has 0 amide bonds. The molecule has 1 fully saturated rings. The third kappa shape index (κ3) is 2.04. The van der Waals surface area contributed by atoms with Crippen molar-refractivity contribution in [2.45, 2.75) is 31.1 Å². The highest BCUT2D eigenvalue weighted by Gasteiger charge is 2.48. The topological polar surface area (TPSA) is 35.5 Å². The quantitative estimate of drug-likeness (QED) is 0.537. The van der Waals surface area contributed by atoms with Gasteiger partial charge in [-0.1, -0.05) is 6.42 Å². The van der Waals surface area contributed by atoms with Crippen molar-refractivity contribution in [3.63, 3.8) is 0 Å². The van der Waals surface area contributed by atoms with Crippen molar-refractivity contribution in [1.82, 2.24) is 0 Å². The summed E-state index contributed by atoms with van der Waals surface area (Å²) in [4.78, 5) is 11.7. The number of rotatable bonds is 4. The molecule has 1 saturated carbocycles. The lowest BCUT2D eigenvalue weighted by Crippen LogP contribution is -2.37. The molecule has 1 aliphatic rings. The Morgan fingerprint density at radius 2 is 2.29 bits per heavy atom.